The van der Waals surface area contributed by atoms with Gasteiger partial charge < -0.3 is 15.1 Å². The van der Waals surface area contributed by atoms with E-state index in [0.717, 1.165) is 24.2 Å². The van der Waals surface area contributed by atoms with E-state index >= 15 is 0 Å². The van der Waals surface area contributed by atoms with Crippen LogP contribution in [0.5, 0.6) is 0 Å². The molecule has 5 nitrogen and oxygen atoms in total. The van der Waals surface area contributed by atoms with Crippen LogP contribution in [0.4, 0.5) is 4.79 Å². The Labute approximate surface area is 118 Å². The van der Waals surface area contributed by atoms with Gasteiger partial charge in [-0.3, -0.25) is 4.98 Å². The molecule has 2 aromatic rings. The van der Waals surface area contributed by atoms with E-state index < -0.39 is 0 Å². The summed E-state index contributed by atoms with van der Waals surface area (Å²) in [7, 11) is 0. The average Bonchev–Trinajstić information content (AvgIpc) is 2.97. The van der Waals surface area contributed by atoms with Gasteiger partial charge in [0, 0.05) is 31.4 Å². The normalized spacial score (nSPS) is 11.8. The van der Waals surface area contributed by atoms with E-state index in [0.29, 0.717) is 6.54 Å². The molecule has 2 rings (SSSR count). The van der Waals surface area contributed by atoms with Crippen LogP contribution in [0.15, 0.2) is 47.3 Å². The largest absolute Gasteiger partial charge is 0.469 e. The molecule has 0 aliphatic heterocycles. The van der Waals surface area contributed by atoms with Crippen molar-refractivity contribution in [2.75, 3.05) is 0 Å². The quantitative estimate of drug-likeness (QED) is 0.849. The summed E-state index contributed by atoms with van der Waals surface area (Å²) >= 11 is 0. The first-order valence-electron chi connectivity index (χ1n) is 6.69. The van der Waals surface area contributed by atoms with Crippen LogP contribution in [0, 0.1) is 0 Å². The zero-order valence-corrected chi connectivity index (χ0v) is 11.5. The minimum Gasteiger partial charge on any atom is -0.469 e. The summed E-state index contributed by atoms with van der Waals surface area (Å²) in [5, 5.41) is 5.73. The van der Waals surface area contributed by atoms with Gasteiger partial charge in [-0.25, -0.2) is 4.79 Å². The van der Waals surface area contributed by atoms with E-state index in [1.54, 1.807) is 18.7 Å². The maximum atomic E-state index is 11.7. The third-order valence-electron chi connectivity index (χ3n) is 2.98. The van der Waals surface area contributed by atoms with Crippen molar-refractivity contribution >= 4 is 6.03 Å². The minimum absolute atomic E-state index is 0.0949. The second-order valence-electron chi connectivity index (χ2n) is 4.70. The fraction of sp³-hybridized carbons (Fsp3) is 0.333. The molecule has 0 radical (unpaired) electrons. The Hall–Kier alpha value is -2.30. The lowest BCUT2D eigenvalue weighted by Crippen LogP contribution is -2.40. The molecule has 2 N–H and O–H groups in total. The van der Waals surface area contributed by atoms with Crippen LogP contribution in [0.3, 0.4) is 0 Å². The number of carbonyl (C=O) groups is 1. The number of hydrogen-bond acceptors (Lipinski definition) is 3. The van der Waals surface area contributed by atoms with E-state index in [9.17, 15) is 4.79 Å². The number of carbonyl (C=O) groups excluding carboxylic acids is 1. The van der Waals surface area contributed by atoms with Gasteiger partial charge in [0.25, 0.3) is 0 Å². The molecule has 1 unspecified atom stereocenters. The number of furan rings is 1. The maximum absolute atomic E-state index is 11.7. The molecule has 2 aromatic heterocycles. The van der Waals surface area contributed by atoms with Gasteiger partial charge >= 0.3 is 6.03 Å². The Kier molecular flexibility index (Phi) is 5.17. The molecular formula is C15H19N3O2. The third kappa shape index (κ3) is 4.76. The Morgan fingerprint density at radius 1 is 1.35 bits per heavy atom. The summed E-state index contributed by atoms with van der Waals surface area (Å²) < 4.78 is 5.26. The van der Waals surface area contributed by atoms with Crippen LogP contribution >= 0.6 is 0 Å². The van der Waals surface area contributed by atoms with Gasteiger partial charge in [-0.1, -0.05) is 0 Å². The summed E-state index contributed by atoms with van der Waals surface area (Å²) in [6.07, 6.45) is 6.74. The van der Waals surface area contributed by atoms with Gasteiger partial charge in [-0.15, -0.1) is 0 Å². The Morgan fingerprint density at radius 3 is 2.85 bits per heavy atom. The number of urea groups is 1. The molecule has 0 aliphatic rings. The van der Waals surface area contributed by atoms with Gasteiger partial charge in [-0.05, 0) is 43.2 Å². The smallest absolute Gasteiger partial charge is 0.315 e. The lowest BCUT2D eigenvalue weighted by atomic mass is 10.1. The Bertz CT molecular complexity index is 511. The van der Waals surface area contributed by atoms with Crippen LogP contribution in [0.2, 0.25) is 0 Å². The molecule has 2 heterocycles. The number of nitrogens with zero attached hydrogens (tertiary/aromatic N) is 1. The molecule has 5 heteroatoms. The monoisotopic (exact) mass is 273 g/mol. The van der Waals surface area contributed by atoms with Crippen molar-refractivity contribution in [3.05, 3.63) is 54.2 Å². The number of hydrogen-bond donors (Lipinski definition) is 2. The number of aryl methyl sites for hydroxylation is 1. The predicted octanol–water partition coefficient (Wildman–Crippen LogP) is 2.50. The molecule has 0 spiro atoms. The van der Waals surface area contributed by atoms with Crippen molar-refractivity contribution in [2.24, 2.45) is 0 Å². The molecule has 0 aliphatic carbocycles. The maximum Gasteiger partial charge on any atom is 0.315 e. The molecule has 0 aromatic carbocycles. The molecule has 0 saturated heterocycles. The van der Waals surface area contributed by atoms with Gasteiger partial charge in [0.05, 0.1) is 6.26 Å². The van der Waals surface area contributed by atoms with Crippen LogP contribution in [-0.2, 0) is 13.0 Å². The first-order valence-corrected chi connectivity index (χ1v) is 6.69. The summed E-state index contributed by atoms with van der Waals surface area (Å²) in [5.41, 5.74) is 1.03. The van der Waals surface area contributed by atoms with Crippen LogP contribution in [0.1, 0.15) is 24.7 Å². The summed E-state index contributed by atoms with van der Waals surface area (Å²) in [4.78, 5) is 15.7. The first kappa shape index (κ1) is 14.1. The van der Waals surface area contributed by atoms with Gasteiger partial charge in [0.2, 0.25) is 0 Å². The van der Waals surface area contributed by atoms with E-state index in [1.165, 1.54) is 0 Å². The number of rotatable bonds is 6. The van der Waals surface area contributed by atoms with E-state index in [1.807, 2.05) is 31.2 Å². The fourth-order valence-corrected chi connectivity index (χ4v) is 1.84. The van der Waals surface area contributed by atoms with Crippen molar-refractivity contribution < 1.29 is 9.21 Å². The second-order valence-corrected chi connectivity index (χ2v) is 4.70. The number of amides is 2. The molecule has 2 amide bonds. The standard InChI is InChI=1S/C15H19N3O2/c1-12(4-5-14-3-2-10-20-14)18-15(19)17-11-13-6-8-16-9-7-13/h2-3,6-10,12H,4-5,11H2,1H3,(H2,17,18,19). The van der Waals surface area contributed by atoms with Crippen molar-refractivity contribution in [3.8, 4) is 0 Å². The average molecular weight is 273 g/mol. The minimum atomic E-state index is -0.159. The van der Waals surface area contributed by atoms with E-state index in [-0.39, 0.29) is 12.1 Å². The second kappa shape index (κ2) is 7.33. The fourth-order valence-electron chi connectivity index (χ4n) is 1.84. The summed E-state index contributed by atoms with van der Waals surface area (Å²) in [6, 6.07) is 7.50. The molecular weight excluding hydrogens is 254 g/mol. The van der Waals surface area contributed by atoms with Crippen molar-refractivity contribution in [3.63, 3.8) is 0 Å². The highest BCUT2D eigenvalue weighted by atomic mass is 16.3. The zero-order valence-electron chi connectivity index (χ0n) is 11.5. The van der Waals surface area contributed by atoms with E-state index in [4.69, 9.17) is 4.42 Å². The van der Waals surface area contributed by atoms with Crippen LogP contribution < -0.4 is 10.6 Å². The summed E-state index contributed by atoms with van der Waals surface area (Å²) in [5.74, 6) is 0.941. The number of aromatic nitrogens is 1. The number of nitrogens with one attached hydrogen (secondary N) is 2. The van der Waals surface area contributed by atoms with Crippen LogP contribution in [-0.4, -0.2) is 17.1 Å². The predicted molar refractivity (Wildman–Crippen MR) is 76.1 cm³/mol. The van der Waals surface area contributed by atoms with Crippen molar-refractivity contribution in [1.82, 2.24) is 15.6 Å². The molecule has 0 saturated carbocycles. The molecule has 106 valence electrons. The topological polar surface area (TPSA) is 67.2 Å². The zero-order chi connectivity index (χ0) is 14.2. The van der Waals surface area contributed by atoms with Crippen LogP contribution in [0.25, 0.3) is 0 Å². The highest BCUT2D eigenvalue weighted by molar-refractivity contribution is 5.74. The van der Waals surface area contributed by atoms with Gasteiger partial charge in [0.1, 0.15) is 5.76 Å². The SMILES string of the molecule is CC(CCc1ccco1)NC(=O)NCc1ccncc1. The molecule has 0 bridgehead atoms. The molecule has 0 fully saturated rings. The lowest BCUT2D eigenvalue weighted by molar-refractivity contribution is 0.236. The van der Waals surface area contributed by atoms with Crippen molar-refractivity contribution in [1.29, 1.82) is 0 Å². The summed E-state index contributed by atoms with van der Waals surface area (Å²) in [6.45, 7) is 2.48. The lowest BCUT2D eigenvalue weighted by Gasteiger charge is -2.14. The van der Waals surface area contributed by atoms with Gasteiger partial charge in [0.15, 0.2) is 0 Å². The Balaban J connectivity index is 1.66. The highest BCUT2D eigenvalue weighted by Gasteiger charge is 2.07. The van der Waals surface area contributed by atoms with Gasteiger partial charge in [-0.2, -0.15) is 0 Å². The molecule has 1 atom stereocenters. The van der Waals surface area contributed by atoms with Crippen molar-refractivity contribution in [2.45, 2.75) is 32.4 Å². The first-order chi connectivity index (χ1) is 9.74. The van der Waals surface area contributed by atoms with E-state index in [2.05, 4.69) is 15.6 Å². The highest BCUT2D eigenvalue weighted by Crippen LogP contribution is 2.05. The Morgan fingerprint density at radius 2 is 2.15 bits per heavy atom. The molecule has 20 heavy (non-hydrogen) atoms. The number of pyridine rings is 1. The third-order valence-corrected chi connectivity index (χ3v) is 2.98.